The molecule has 6 heteroatoms. The van der Waals surface area contributed by atoms with E-state index < -0.39 is 0 Å². The van der Waals surface area contributed by atoms with Gasteiger partial charge in [0.05, 0.1) is 6.04 Å². The minimum absolute atomic E-state index is 0.0423. The van der Waals surface area contributed by atoms with Crippen molar-refractivity contribution in [1.82, 2.24) is 25.5 Å². The lowest BCUT2D eigenvalue weighted by Crippen LogP contribution is -2.33. The molecule has 1 N–H and O–H groups in total. The van der Waals surface area contributed by atoms with Gasteiger partial charge in [0.15, 0.2) is 5.82 Å². The standard InChI is InChI=1S/C17H23N5O/c1-11(2)17-19-20-21-22(17)10-15(23)18-16(13-8-9-13)14-7-5-4-6-12(14)3/h4-7,11,13,16H,8-10H2,1-3H3,(H,18,23)/t16-/m1/s1. The predicted octanol–water partition coefficient (Wildman–Crippen LogP) is 2.37. The van der Waals surface area contributed by atoms with Crippen molar-refractivity contribution in [2.45, 2.75) is 52.1 Å². The molecule has 122 valence electrons. The Bertz CT molecular complexity index is 690. The van der Waals surface area contributed by atoms with E-state index in [2.05, 4.69) is 39.9 Å². The number of aryl methyl sites for hydroxylation is 1. The van der Waals surface area contributed by atoms with Crippen LogP contribution in [0.15, 0.2) is 24.3 Å². The third kappa shape index (κ3) is 3.57. The van der Waals surface area contributed by atoms with Gasteiger partial charge in [-0.2, -0.15) is 0 Å². The van der Waals surface area contributed by atoms with Crippen LogP contribution < -0.4 is 5.32 Å². The molecule has 1 heterocycles. The number of amides is 1. The number of nitrogens with one attached hydrogen (secondary N) is 1. The first-order valence-corrected chi connectivity index (χ1v) is 8.17. The van der Waals surface area contributed by atoms with Crippen LogP contribution in [-0.2, 0) is 11.3 Å². The molecule has 1 atom stereocenters. The highest BCUT2D eigenvalue weighted by Gasteiger charge is 2.34. The number of hydrogen-bond donors (Lipinski definition) is 1. The molecule has 0 aliphatic heterocycles. The van der Waals surface area contributed by atoms with Crippen molar-refractivity contribution in [3.05, 3.63) is 41.2 Å². The van der Waals surface area contributed by atoms with Gasteiger partial charge in [0.1, 0.15) is 6.54 Å². The molecule has 2 aromatic rings. The molecule has 1 aromatic heterocycles. The maximum Gasteiger partial charge on any atom is 0.242 e. The monoisotopic (exact) mass is 313 g/mol. The number of aromatic nitrogens is 4. The lowest BCUT2D eigenvalue weighted by atomic mass is 9.97. The average molecular weight is 313 g/mol. The lowest BCUT2D eigenvalue weighted by molar-refractivity contribution is -0.122. The zero-order valence-electron chi connectivity index (χ0n) is 13.9. The fourth-order valence-electron chi connectivity index (χ4n) is 2.91. The number of rotatable bonds is 6. The van der Waals surface area contributed by atoms with Crippen LogP contribution in [0.1, 0.15) is 55.6 Å². The van der Waals surface area contributed by atoms with E-state index in [0.717, 1.165) is 5.82 Å². The highest BCUT2D eigenvalue weighted by atomic mass is 16.2. The van der Waals surface area contributed by atoms with Crippen molar-refractivity contribution in [2.75, 3.05) is 0 Å². The number of carbonyl (C=O) groups is 1. The fraction of sp³-hybridized carbons (Fsp3) is 0.529. The van der Waals surface area contributed by atoms with Crippen LogP contribution in [0.4, 0.5) is 0 Å². The van der Waals surface area contributed by atoms with Gasteiger partial charge < -0.3 is 5.32 Å². The largest absolute Gasteiger partial charge is 0.347 e. The van der Waals surface area contributed by atoms with Gasteiger partial charge >= 0.3 is 0 Å². The second-order valence-corrected chi connectivity index (χ2v) is 6.59. The van der Waals surface area contributed by atoms with Gasteiger partial charge in [-0.05, 0) is 47.2 Å². The minimum atomic E-state index is -0.0423. The molecule has 6 nitrogen and oxygen atoms in total. The van der Waals surface area contributed by atoms with Crippen LogP contribution in [0.5, 0.6) is 0 Å². The average Bonchev–Trinajstić information content (AvgIpc) is 3.25. The van der Waals surface area contributed by atoms with E-state index in [1.807, 2.05) is 26.0 Å². The van der Waals surface area contributed by atoms with Gasteiger partial charge in [-0.1, -0.05) is 38.1 Å². The fourth-order valence-corrected chi connectivity index (χ4v) is 2.91. The number of tetrazole rings is 1. The molecule has 23 heavy (non-hydrogen) atoms. The van der Waals surface area contributed by atoms with E-state index in [0.29, 0.717) is 5.92 Å². The normalized spacial score (nSPS) is 15.7. The molecule has 0 saturated heterocycles. The van der Waals surface area contributed by atoms with E-state index in [1.165, 1.54) is 24.0 Å². The van der Waals surface area contributed by atoms with Gasteiger partial charge in [-0.25, -0.2) is 4.68 Å². The molecular formula is C17H23N5O. The van der Waals surface area contributed by atoms with Crippen LogP contribution >= 0.6 is 0 Å². The Balaban J connectivity index is 1.72. The Morgan fingerprint density at radius 3 is 2.74 bits per heavy atom. The smallest absolute Gasteiger partial charge is 0.242 e. The van der Waals surface area contributed by atoms with Gasteiger partial charge in [-0.3, -0.25) is 4.79 Å². The summed E-state index contributed by atoms with van der Waals surface area (Å²) in [5.74, 6) is 1.42. The number of carbonyl (C=O) groups excluding carboxylic acids is 1. The van der Waals surface area contributed by atoms with Gasteiger partial charge in [-0.15, -0.1) is 5.10 Å². The topological polar surface area (TPSA) is 72.7 Å². The first kappa shape index (κ1) is 15.6. The second-order valence-electron chi connectivity index (χ2n) is 6.59. The summed E-state index contributed by atoms with van der Waals surface area (Å²) in [7, 11) is 0. The summed E-state index contributed by atoms with van der Waals surface area (Å²) in [6.45, 7) is 6.28. The molecule has 0 unspecified atom stereocenters. The summed E-state index contributed by atoms with van der Waals surface area (Å²) in [5.41, 5.74) is 2.43. The SMILES string of the molecule is Cc1ccccc1[C@H](NC(=O)Cn1nnnc1C(C)C)C1CC1. The van der Waals surface area contributed by atoms with Crippen molar-refractivity contribution in [1.29, 1.82) is 0 Å². The third-order valence-corrected chi connectivity index (χ3v) is 4.30. The van der Waals surface area contributed by atoms with Gasteiger partial charge in [0.2, 0.25) is 5.91 Å². The molecular weight excluding hydrogens is 290 g/mol. The highest BCUT2D eigenvalue weighted by Crippen LogP contribution is 2.41. The Morgan fingerprint density at radius 1 is 1.35 bits per heavy atom. The number of benzene rings is 1. The van der Waals surface area contributed by atoms with Gasteiger partial charge in [0, 0.05) is 5.92 Å². The summed E-state index contributed by atoms with van der Waals surface area (Å²) in [6.07, 6.45) is 2.34. The molecule has 3 rings (SSSR count). The van der Waals surface area contributed by atoms with E-state index in [9.17, 15) is 4.79 Å². The Hall–Kier alpha value is -2.24. The Labute approximate surface area is 136 Å². The zero-order chi connectivity index (χ0) is 16.4. The maximum atomic E-state index is 12.5. The van der Waals surface area contributed by atoms with E-state index in [-0.39, 0.29) is 24.4 Å². The molecule has 1 aliphatic carbocycles. The molecule has 1 saturated carbocycles. The molecule has 1 aliphatic rings. The van der Waals surface area contributed by atoms with Crippen molar-refractivity contribution < 1.29 is 4.79 Å². The lowest BCUT2D eigenvalue weighted by Gasteiger charge is -2.21. The van der Waals surface area contributed by atoms with Crippen LogP contribution in [0, 0.1) is 12.8 Å². The van der Waals surface area contributed by atoms with Crippen molar-refractivity contribution >= 4 is 5.91 Å². The molecule has 0 spiro atoms. The van der Waals surface area contributed by atoms with Crippen molar-refractivity contribution in [2.24, 2.45) is 5.92 Å². The predicted molar refractivity (Wildman–Crippen MR) is 86.7 cm³/mol. The van der Waals surface area contributed by atoms with Crippen LogP contribution in [0.3, 0.4) is 0 Å². The summed E-state index contributed by atoms with van der Waals surface area (Å²) >= 11 is 0. The van der Waals surface area contributed by atoms with E-state index in [1.54, 1.807) is 4.68 Å². The molecule has 1 fully saturated rings. The van der Waals surface area contributed by atoms with Crippen LogP contribution in [0.25, 0.3) is 0 Å². The third-order valence-electron chi connectivity index (χ3n) is 4.30. The quantitative estimate of drug-likeness (QED) is 0.888. The summed E-state index contributed by atoms with van der Waals surface area (Å²) in [4.78, 5) is 12.5. The maximum absolute atomic E-state index is 12.5. The molecule has 0 radical (unpaired) electrons. The first-order chi connectivity index (χ1) is 11.1. The van der Waals surface area contributed by atoms with Crippen molar-refractivity contribution in [3.8, 4) is 0 Å². The zero-order valence-corrected chi connectivity index (χ0v) is 13.9. The molecule has 0 bridgehead atoms. The summed E-state index contributed by atoms with van der Waals surface area (Å²) in [6, 6.07) is 8.34. The van der Waals surface area contributed by atoms with Crippen LogP contribution in [0.2, 0.25) is 0 Å². The molecule has 1 amide bonds. The summed E-state index contributed by atoms with van der Waals surface area (Å²) in [5, 5.41) is 14.8. The summed E-state index contributed by atoms with van der Waals surface area (Å²) < 4.78 is 1.59. The van der Waals surface area contributed by atoms with Crippen LogP contribution in [-0.4, -0.2) is 26.1 Å². The molecule has 1 aromatic carbocycles. The second kappa shape index (κ2) is 6.48. The van der Waals surface area contributed by atoms with Gasteiger partial charge in [0.25, 0.3) is 0 Å². The Morgan fingerprint density at radius 2 is 2.09 bits per heavy atom. The van der Waals surface area contributed by atoms with E-state index >= 15 is 0 Å². The minimum Gasteiger partial charge on any atom is -0.347 e. The highest BCUT2D eigenvalue weighted by molar-refractivity contribution is 5.76. The Kier molecular flexibility index (Phi) is 4.41. The van der Waals surface area contributed by atoms with Crippen molar-refractivity contribution in [3.63, 3.8) is 0 Å². The number of hydrogen-bond acceptors (Lipinski definition) is 4. The first-order valence-electron chi connectivity index (χ1n) is 8.17. The van der Waals surface area contributed by atoms with E-state index in [4.69, 9.17) is 0 Å². The number of nitrogens with zero attached hydrogens (tertiary/aromatic N) is 4.